The van der Waals surface area contributed by atoms with E-state index in [1.54, 1.807) is 29.2 Å². The molecule has 2 aliphatic heterocycles. The number of likely N-dealkylation sites (tertiary alicyclic amines) is 1. The molecule has 0 saturated carbocycles. The maximum Gasteiger partial charge on any atom is 0.243 e. The normalized spacial score (nSPS) is 24.3. The molecule has 150 valence electrons. The summed E-state index contributed by atoms with van der Waals surface area (Å²) < 4.78 is 33.4. The molecule has 1 aromatic carbocycles. The van der Waals surface area contributed by atoms with Crippen molar-refractivity contribution in [2.75, 3.05) is 26.2 Å². The van der Waals surface area contributed by atoms with Crippen molar-refractivity contribution in [1.82, 2.24) is 9.21 Å². The second-order valence-corrected chi connectivity index (χ2v) is 9.40. The Morgan fingerprint density at radius 2 is 1.85 bits per heavy atom. The Hall–Kier alpha value is -1.44. The largest absolute Gasteiger partial charge is 0.376 e. The number of hydrogen-bond donors (Lipinski definition) is 0. The first-order chi connectivity index (χ1) is 12.9. The van der Waals surface area contributed by atoms with E-state index in [2.05, 4.69) is 6.92 Å². The number of carbonyl (C=O) groups is 1. The zero-order chi connectivity index (χ0) is 19.4. The molecule has 2 atom stereocenters. The van der Waals surface area contributed by atoms with Crippen molar-refractivity contribution in [3.63, 3.8) is 0 Å². The summed E-state index contributed by atoms with van der Waals surface area (Å²) in [4.78, 5) is 15.2. The van der Waals surface area contributed by atoms with Crippen LogP contribution >= 0.6 is 0 Å². The molecular formula is C20H30N2O4S. The summed E-state index contributed by atoms with van der Waals surface area (Å²) in [7, 11) is -3.66. The van der Waals surface area contributed by atoms with Gasteiger partial charge in [-0.05, 0) is 51.2 Å². The van der Waals surface area contributed by atoms with Crippen LogP contribution in [0, 0.1) is 6.92 Å². The highest BCUT2D eigenvalue weighted by Crippen LogP contribution is 2.28. The summed E-state index contributed by atoms with van der Waals surface area (Å²) in [5, 5.41) is 0. The van der Waals surface area contributed by atoms with Crippen molar-refractivity contribution < 1.29 is 17.9 Å². The molecule has 3 rings (SSSR count). The highest BCUT2D eigenvalue weighted by Gasteiger charge is 2.41. The van der Waals surface area contributed by atoms with Crippen LogP contribution in [0.2, 0.25) is 0 Å². The van der Waals surface area contributed by atoms with Crippen molar-refractivity contribution in [1.29, 1.82) is 0 Å². The number of nitrogens with zero attached hydrogens (tertiary/aromatic N) is 2. The van der Waals surface area contributed by atoms with Crippen molar-refractivity contribution in [2.45, 2.75) is 63.0 Å². The molecule has 1 amide bonds. The third-order valence-corrected chi connectivity index (χ3v) is 7.29. The van der Waals surface area contributed by atoms with E-state index in [0.29, 0.717) is 39.1 Å². The minimum Gasteiger partial charge on any atom is -0.376 e. The van der Waals surface area contributed by atoms with Gasteiger partial charge >= 0.3 is 0 Å². The van der Waals surface area contributed by atoms with Crippen LogP contribution in [0.5, 0.6) is 0 Å². The van der Waals surface area contributed by atoms with Gasteiger partial charge in [-0.1, -0.05) is 24.6 Å². The summed E-state index contributed by atoms with van der Waals surface area (Å²) in [5.74, 6) is -0.0759. The summed E-state index contributed by atoms with van der Waals surface area (Å²) in [5.41, 5.74) is 1.01. The van der Waals surface area contributed by atoms with Gasteiger partial charge in [0.15, 0.2) is 0 Å². The first-order valence-electron chi connectivity index (χ1n) is 9.92. The highest BCUT2D eigenvalue weighted by atomic mass is 32.2. The zero-order valence-corrected chi connectivity index (χ0v) is 17.1. The van der Waals surface area contributed by atoms with Crippen LogP contribution in [0.3, 0.4) is 0 Å². The Morgan fingerprint density at radius 3 is 2.56 bits per heavy atom. The molecule has 27 heavy (non-hydrogen) atoms. The molecule has 0 aromatic heterocycles. The molecule has 6 nitrogen and oxygen atoms in total. The Morgan fingerprint density at radius 1 is 1.15 bits per heavy atom. The molecule has 0 N–H and O–H groups in total. The first kappa shape index (κ1) is 20.3. The van der Waals surface area contributed by atoms with E-state index in [1.807, 2.05) is 6.92 Å². The minimum absolute atomic E-state index is 0.0613. The summed E-state index contributed by atoms with van der Waals surface area (Å²) in [6, 6.07) is 6.24. The number of sulfonamides is 1. The van der Waals surface area contributed by atoms with E-state index < -0.39 is 16.1 Å². The number of benzene rings is 1. The Bertz CT molecular complexity index is 748. The second-order valence-electron chi connectivity index (χ2n) is 7.51. The van der Waals surface area contributed by atoms with E-state index in [4.69, 9.17) is 4.74 Å². The minimum atomic E-state index is -3.66. The molecule has 2 aliphatic rings. The molecule has 1 unspecified atom stereocenters. The van der Waals surface area contributed by atoms with Gasteiger partial charge in [0.25, 0.3) is 0 Å². The molecule has 2 saturated heterocycles. The SMILES string of the molecule is CCCOC1CCCN(C(=O)[C@@H]2CCCN2S(=O)(=O)c2ccc(C)cc2)C1. The van der Waals surface area contributed by atoms with Gasteiger partial charge in [-0.3, -0.25) is 4.79 Å². The van der Waals surface area contributed by atoms with Gasteiger partial charge in [0, 0.05) is 26.2 Å². The lowest BCUT2D eigenvalue weighted by atomic mass is 10.1. The summed E-state index contributed by atoms with van der Waals surface area (Å²) >= 11 is 0. The van der Waals surface area contributed by atoms with Crippen LogP contribution in [-0.2, 0) is 19.6 Å². The predicted octanol–water partition coefficient (Wildman–Crippen LogP) is 2.57. The van der Waals surface area contributed by atoms with E-state index in [1.165, 1.54) is 4.31 Å². The average Bonchev–Trinajstić information content (AvgIpc) is 3.17. The Labute approximate surface area is 162 Å². The Kier molecular flexibility index (Phi) is 6.55. The van der Waals surface area contributed by atoms with Crippen LogP contribution in [0.25, 0.3) is 0 Å². The smallest absolute Gasteiger partial charge is 0.243 e. The van der Waals surface area contributed by atoms with Gasteiger partial charge in [0.05, 0.1) is 11.0 Å². The maximum atomic E-state index is 13.1. The Balaban J connectivity index is 1.73. The number of piperidine rings is 1. The van der Waals surface area contributed by atoms with Crippen LogP contribution in [0.1, 0.15) is 44.6 Å². The monoisotopic (exact) mass is 394 g/mol. The van der Waals surface area contributed by atoms with Gasteiger partial charge in [-0.2, -0.15) is 4.31 Å². The number of amides is 1. The average molecular weight is 395 g/mol. The summed E-state index contributed by atoms with van der Waals surface area (Å²) in [6.45, 7) is 6.33. The van der Waals surface area contributed by atoms with Crippen LogP contribution in [0.4, 0.5) is 0 Å². The van der Waals surface area contributed by atoms with Crippen molar-refractivity contribution >= 4 is 15.9 Å². The standard InChI is InChI=1S/C20H30N2O4S/c1-3-14-26-17-6-4-12-21(15-17)20(23)19-7-5-13-22(19)27(24,25)18-10-8-16(2)9-11-18/h8-11,17,19H,3-7,12-15H2,1-2H3/t17?,19-/m0/s1. The fraction of sp³-hybridized carbons (Fsp3) is 0.650. The lowest BCUT2D eigenvalue weighted by molar-refractivity contribution is -0.138. The van der Waals surface area contributed by atoms with E-state index in [9.17, 15) is 13.2 Å². The molecule has 2 fully saturated rings. The fourth-order valence-electron chi connectivity index (χ4n) is 3.89. The van der Waals surface area contributed by atoms with Gasteiger partial charge in [0.1, 0.15) is 6.04 Å². The number of carbonyl (C=O) groups excluding carboxylic acids is 1. The van der Waals surface area contributed by atoms with E-state index in [-0.39, 0.29) is 16.9 Å². The first-order valence-corrected chi connectivity index (χ1v) is 11.4. The van der Waals surface area contributed by atoms with Gasteiger partial charge < -0.3 is 9.64 Å². The zero-order valence-electron chi connectivity index (χ0n) is 16.3. The third-order valence-electron chi connectivity index (χ3n) is 5.36. The van der Waals surface area contributed by atoms with Crippen LogP contribution in [-0.4, -0.2) is 61.9 Å². The van der Waals surface area contributed by atoms with Crippen molar-refractivity contribution in [2.24, 2.45) is 0 Å². The molecule has 2 heterocycles. The lowest BCUT2D eigenvalue weighted by Gasteiger charge is -2.35. The van der Waals surface area contributed by atoms with Gasteiger partial charge in [0.2, 0.25) is 15.9 Å². The number of hydrogen-bond acceptors (Lipinski definition) is 4. The molecule has 1 aromatic rings. The molecule has 0 radical (unpaired) electrons. The molecule has 0 spiro atoms. The van der Waals surface area contributed by atoms with Crippen molar-refractivity contribution in [3.8, 4) is 0 Å². The number of ether oxygens (including phenoxy) is 1. The van der Waals surface area contributed by atoms with Gasteiger partial charge in [-0.15, -0.1) is 0 Å². The van der Waals surface area contributed by atoms with Crippen molar-refractivity contribution in [3.05, 3.63) is 29.8 Å². The van der Waals surface area contributed by atoms with E-state index in [0.717, 1.165) is 24.8 Å². The van der Waals surface area contributed by atoms with Crippen LogP contribution < -0.4 is 0 Å². The molecule has 7 heteroatoms. The van der Waals surface area contributed by atoms with Gasteiger partial charge in [-0.25, -0.2) is 8.42 Å². The highest BCUT2D eigenvalue weighted by molar-refractivity contribution is 7.89. The summed E-state index contributed by atoms with van der Waals surface area (Å²) in [6.07, 6.45) is 4.17. The molecule has 0 bridgehead atoms. The fourth-order valence-corrected chi connectivity index (χ4v) is 5.54. The molecular weight excluding hydrogens is 364 g/mol. The van der Waals surface area contributed by atoms with E-state index >= 15 is 0 Å². The predicted molar refractivity (Wildman–Crippen MR) is 104 cm³/mol. The number of aryl methyl sites for hydroxylation is 1. The quantitative estimate of drug-likeness (QED) is 0.744. The number of rotatable bonds is 6. The second kappa shape index (κ2) is 8.71. The molecule has 0 aliphatic carbocycles. The maximum absolute atomic E-state index is 13.1. The van der Waals surface area contributed by atoms with Crippen LogP contribution in [0.15, 0.2) is 29.2 Å². The topological polar surface area (TPSA) is 66.9 Å². The lowest BCUT2D eigenvalue weighted by Crippen LogP contribution is -2.51. The third kappa shape index (κ3) is 4.52.